The van der Waals surface area contributed by atoms with Crippen molar-refractivity contribution in [3.8, 4) is 6.07 Å². The summed E-state index contributed by atoms with van der Waals surface area (Å²) in [6.07, 6.45) is 0. The van der Waals surface area contributed by atoms with Crippen molar-refractivity contribution < 1.29 is 4.79 Å². The molecule has 6 heteroatoms. The Morgan fingerprint density at radius 2 is 2.04 bits per heavy atom. The summed E-state index contributed by atoms with van der Waals surface area (Å²) in [5, 5.41) is 15.8. The second-order valence-electron chi connectivity index (χ2n) is 5.01. The quantitative estimate of drug-likeness (QED) is 0.853. The molecular weight excluding hydrogens is 333 g/mol. The lowest BCUT2D eigenvalue weighted by Crippen LogP contribution is -2.30. The van der Waals surface area contributed by atoms with E-state index < -0.39 is 0 Å². The van der Waals surface area contributed by atoms with Crippen LogP contribution in [0.2, 0.25) is 10.0 Å². The lowest BCUT2D eigenvalue weighted by Gasteiger charge is -2.16. The Labute approximate surface area is 145 Å². The van der Waals surface area contributed by atoms with Crippen molar-refractivity contribution in [3.63, 3.8) is 0 Å². The zero-order chi connectivity index (χ0) is 16.8. The molecule has 1 atom stereocenters. The summed E-state index contributed by atoms with van der Waals surface area (Å²) in [7, 11) is 0. The number of benzene rings is 2. The Morgan fingerprint density at radius 3 is 2.74 bits per heavy atom. The highest BCUT2D eigenvalue weighted by Gasteiger charge is 2.11. The van der Waals surface area contributed by atoms with E-state index in [1.807, 2.05) is 19.1 Å². The van der Waals surface area contributed by atoms with E-state index in [0.29, 0.717) is 21.3 Å². The van der Waals surface area contributed by atoms with Gasteiger partial charge in [-0.05, 0) is 42.8 Å². The van der Waals surface area contributed by atoms with Crippen molar-refractivity contribution in [3.05, 3.63) is 63.6 Å². The number of carbonyl (C=O) groups excluding carboxylic acids is 1. The fraction of sp³-hybridized carbons (Fsp3) is 0.176. The van der Waals surface area contributed by atoms with Crippen LogP contribution in [0.15, 0.2) is 42.5 Å². The lowest BCUT2D eigenvalue weighted by molar-refractivity contribution is -0.115. The van der Waals surface area contributed by atoms with Gasteiger partial charge in [0.05, 0.1) is 18.2 Å². The molecule has 1 amide bonds. The van der Waals surface area contributed by atoms with Crippen LogP contribution in [0.4, 0.5) is 5.69 Å². The molecular formula is C17H15Cl2N3O. The van der Waals surface area contributed by atoms with Gasteiger partial charge in [0.1, 0.15) is 0 Å². The first kappa shape index (κ1) is 17.3. The normalized spacial score (nSPS) is 11.6. The van der Waals surface area contributed by atoms with Crippen LogP contribution in [0.5, 0.6) is 0 Å². The van der Waals surface area contributed by atoms with E-state index >= 15 is 0 Å². The minimum absolute atomic E-state index is 0.101. The van der Waals surface area contributed by atoms with Crippen LogP contribution >= 0.6 is 23.2 Å². The summed E-state index contributed by atoms with van der Waals surface area (Å²) in [5.41, 5.74) is 1.96. The number of hydrogen-bond acceptors (Lipinski definition) is 3. The minimum atomic E-state index is -0.197. The van der Waals surface area contributed by atoms with Crippen LogP contribution in [-0.2, 0) is 4.79 Å². The molecule has 0 heterocycles. The van der Waals surface area contributed by atoms with Gasteiger partial charge in [-0.1, -0.05) is 35.3 Å². The van der Waals surface area contributed by atoms with E-state index in [0.717, 1.165) is 5.56 Å². The van der Waals surface area contributed by atoms with Crippen LogP contribution < -0.4 is 10.6 Å². The number of rotatable bonds is 5. The van der Waals surface area contributed by atoms with Crippen molar-refractivity contribution in [2.24, 2.45) is 0 Å². The molecule has 0 aliphatic heterocycles. The number of hydrogen-bond donors (Lipinski definition) is 2. The Balaban J connectivity index is 1.92. The molecule has 0 unspecified atom stereocenters. The summed E-state index contributed by atoms with van der Waals surface area (Å²) in [6.45, 7) is 2.04. The summed E-state index contributed by atoms with van der Waals surface area (Å²) in [4.78, 5) is 12.0. The highest BCUT2D eigenvalue weighted by molar-refractivity contribution is 6.35. The fourth-order valence-corrected chi connectivity index (χ4v) is 2.65. The van der Waals surface area contributed by atoms with E-state index in [-0.39, 0.29) is 18.5 Å². The molecule has 118 valence electrons. The van der Waals surface area contributed by atoms with Gasteiger partial charge in [-0.25, -0.2) is 0 Å². The molecule has 0 aromatic heterocycles. The predicted octanol–water partition coefficient (Wildman–Crippen LogP) is 4.15. The van der Waals surface area contributed by atoms with E-state index in [2.05, 4.69) is 10.6 Å². The number of nitriles is 1. The smallest absolute Gasteiger partial charge is 0.238 e. The van der Waals surface area contributed by atoms with Crippen LogP contribution in [0.3, 0.4) is 0 Å². The van der Waals surface area contributed by atoms with E-state index in [1.165, 1.54) is 0 Å². The average Bonchev–Trinajstić information content (AvgIpc) is 2.53. The standard InChI is InChI=1S/C17H15Cl2N3O/c1-11(15-6-5-13(18)8-16(15)19)21-10-17(23)22-14-4-2-3-12(7-14)9-20/h2-8,11,21H,10H2,1H3,(H,22,23)/t11-/m1/s1. The molecule has 2 N–H and O–H groups in total. The molecule has 0 bridgehead atoms. The van der Waals surface area contributed by atoms with Crippen LogP contribution in [0, 0.1) is 11.3 Å². The molecule has 2 aromatic rings. The highest BCUT2D eigenvalue weighted by atomic mass is 35.5. The maximum absolute atomic E-state index is 12.0. The van der Waals surface area contributed by atoms with Crippen molar-refractivity contribution in [2.45, 2.75) is 13.0 Å². The zero-order valence-corrected chi connectivity index (χ0v) is 13.9. The molecule has 23 heavy (non-hydrogen) atoms. The first-order valence-electron chi connectivity index (χ1n) is 6.98. The topological polar surface area (TPSA) is 64.9 Å². The number of nitrogens with zero attached hydrogens (tertiary/aromatic N) is 1. The lowest BCUT2D eigenvalue weighted by atomic mass is 10.1. The van der Waals surface area contributed by atoms with Crippen LogP contribution in [0.25, 0.3) is 0 Å². The summed E-state index contributed by atoms with van der Waals surface area (Å²) in [5.74, 6) is -0.197. The SMILES string of the molecule is C[C@@H](NCC(=O)Nc1cccc(C#N)c1)c1ccc(Cl)cc1Cl. The zero-order valence-electron chi connectivity index (χ0n) is 12.4. The third kappa shape index (κ3) is 4.97. The number of nitrogens with one attached hydrogen (secondary N) is 2. The molecule has 0 aliphatic rings. The molecule has 0 radical (unpaired) electrons. The molecule has 0 spiro atoms. The highest BCUT2D eigenvalue weighted by Crippen LogP contribution is 2.25. The maximum atomic E-state index is 12.0. The van der Waals surface area contributed by atoms with Crippen LogP contribution in [0.1, 0.15) is 24.1 Å². The van der Waals surface area contributed by atoms with Gasteiger partial charge in [0, 0.05) is 21.8 Å². The minimum Gasteiger partial charge on any atom is -0.325 e. The molecule has 0 saturated heterocycles. The van der Waals surface area contributed by atoms with E-state index in [9.17, 15) is 4.79 Å². The van der Waals surface area contributed by atoms with Gasteiger partial charge in [0.15, 0.2) is 0 Å². The first-order chi connectivity index (χ1) is 11.0. The van der Waals surface area contributed by atoms with Gasteiger partial charge in [0.2, 0.25) is 5.91 Å². The van der Waals surface area contributed by atoms with Crippen molar-refractivity contribution in [2.75, 3.05) is 11.9 Å². The Hall–Kier alpha value is -2.06. The van der Waals surface area contributed by atoms with Crippen molar-refractivity contribution in [1.29, 1.82) is 5.26 Å². The van der Waals surface area contributed by atoms with Crippen molar-refractivity contribution in [1.82, 2.24) is 5.32 Å². The van der Waals surface area contributed by atoms with Crippen molar-refractivity contribution >= 4 is 34.8 Å². The summed E-state index contributed by atoms with van der Waals surface area (Å²) < 4.78 is 0. The maximum Gasteiger partial charge on any atom is 0.238 e. The summed E-state index contributed by atoms with van der Waals surface area (Å²) >= 11 is 12.0. The van der Waals surface area contributed by atoms with Gasteiger partial charge < -0.3 is 10.6 Å². The average molecular weight is 348 g/mol. The number of amides is 1. The monoisotopic (exact) mass is 347 g/mol. The van der Waals surface area contributed by atoms with Gasteiger partial charge in [-0.15, -0.1) is 0 Å². The van der Waals surface area contributed by atoms with Gasteiger partial charge >= 0.3 is 0 Å². The molecule has 4 nitrogen and oxygen atoms in total. The number of carbonyl (C=O) groups is 1. The predicted molar refractivity (Wildman–Crippen MR) is 92.7 cm³/mol. The largest absolute Gasteiger partial charge is 0.325 e. The first-order valence-corrected chi connectivity index (χ1v) is 7.73. The second kappa shape index (κ2) is 7.98. The van der Waals surface area contributed by atoms with Crippen LogP contribution in [-0.4, -0.2) is 12.5 Å². The molecule has 2 rings (SSSR count). The second-order valence-corrected chi connectivity index (χ2v) is 5.85. The summed E-state index contributed by atoms with van der Waals surface area (Å²) in [6, 6.07) is 13.9. The Morgan fingerprint density at radius 1 is 1.26 bits per heavy atom. The van der Waals surface area contributed by atoms with E-state index in [1.54, 1.807) is 36.4 Å². The molecule has 0 fully saturated rings. The third-order valence-corrected chi connectivity index (χ3v) is 3.84. The third-order valence-electron chi connectivity index (χ3n) is 3.27. The number of anilines is 1. The van der Waals surface area contributed by atoms with Gasteiger partial charge in [0.25, 0.3) is 0 Å². The van der Waals surface area contributed by atoms with Gasteiger partial charge in [-0.3, -0.25) is 4.79 Å². The molecule has 0 aliphatic carbocycles. The Kier molecular flexibility index (Phi) is 6.00. The number of halogens is 2. The molecule has 0 saturated carbocycles. The fourth-order valence-electron chi connectivity index (χ4n) is 2.08. The molecule has 2 aromatic carbocycles. The Bertz CT molecular complexity index is 756. The van der Waals surface area contributed by atoms with E-state index in [4.69, 9.17) is 28.5 Å². The van der Waals surface area contributed by atoms with Gasteiger partial charge in [-0.2, -0.15) is 5.26 Å².